The van der Waals surface area contributed by atoms with E-state index >= 15 is 0 Å². The van der Waals surface area contributed by atoms with Crippen molar-refractivity contribution in [2.75, 3.05) is 13.2 Å². The van der Waals surface area contributed by atoms with Gasteiger partial charge >= 0.3 is 17.9 Å². The molecule has 0 fully saturated rings. The standard InChI is InChI=1S/C65H114O6/c1-4-7-10-13-15-17-19-21-23-25-27-28-29-30-31-32-33-34-35-36-38-39-41-43-45-47-49-52-55-58-64(67)70-61-62(60-69-63(66)57-54-51-12-9-6-3)71-65(68)59-56-53-50-48-46-44-42-40-37-26-24-22-20-18-16-14-11-8-5-2/h7,10,15,17,21-24,27-28,30-31,62H,4-6,8-9,11-14,16,18-20,25-26,29,32-61H2,1-3H3/b10-7-,17-15-,23-21-,24-22-,28-27-,31-30-. The van der Waals surface area contributed by atoms with Crippen LogP contribution in [0.5, 0.6) is 0 Å². The highest BCUT2D eigenvalue weighted by atomic mass is 16.6. The third-order valence-electron chi connectivity index (χ3n) is 13.2. The number of esters is 3. The van der Waals surface area contributed by atoms with Crippen LogP contribution in [0, 0.1) is 0 Å². The van der Waals surface area contributed by atoms with Gasteiger partial charge in [-0.15, -0.1) is 0 Å². The van der Waals surface area contributed by atoms with E-state index in [1.54, 1.807) is 0 Å². The van der Waals surface area contributed by atoms with E-state index in [0.29, 0.717) is 19.3 Å². The van der Waals surface area contributed by atoms with Crippen molar-refractivity contribution in [3.63, 3.8) is 0 Å². The second-order valence-corrected chi connectivity index (χ2v) is 20.2. The Morgan fingerprint density at radius 2 is 0.549 bits per heavy atom. The predicted molar refractivity (Wildman–Crippen MR) is 307 cm³/mol. The maximum Gasteiger partial charge on any atom is 0.306 e. The molecule has 0 saturated heterocycles. The van der Waals surface area contributed by atoms with Gasteiger partial charge in [-0.2, -0.15) is 0 Å². The van der Waals surface area contributed by atoms with Gasteiger partial charge in [-0.25, -0.2) is 0 Å². The maximum atomic E-state index is 12.8. The molecule has 0 bridgehead atoms. The minimum atomic E-state index is -0.772. The highest BCUT2D eigenvalue weighted by molar-refractivity contribution is 5.71. The normalized spacial score (nSPS) is 12.5. The topological polar surface area (TPSA) is 78.9 Å². The third-order valence-corrected chi connectivity index (χ3v) is 13.2. The molecule has 0 radical (unpaired) electrons. The first-order valence-corrected chi connectivity index (χ1v) is 30.4. The van der Waals surface area contributed by atoms with Crippen LogP contribution >= 0.6 is 0 Å². The summed E-state index contributed by atoms with van der Waals surface area (Å²) in [5.41, 5.74) is 0. The Labute approximate surface area is 440 Å². The van der Waals surface area contributed by atoms with Crippen LogP contribution in [0.2, 0.25) is 0 Å². The van der Waals surface area contributed by atoms with Crippen molar-refractivity contribution in [3.05, 3.63) is 72.9 Å². The Morgan fingerprint density at radius 1 is 0.296 bits per heavy atom. The Morgan fingerprint density at radius 3 is 0.873 bits per heavy atom. The second kappa shape index (κ2) is 59.4. The van der Waals surface area contributed by atoms with Crippen LogP contribution < -0.4 is 0 Å². The fourth-order valence-electron chi connectivity index (χ4n) is 8.64. The zero-order valence-electron chi connectivity index (χ0n) is 47.0. The number of hydrogen-bond donors (Lipinski definition) is 0. The molecule has 0 aliphatic rings. The summed E-state index contributed by atoms with van der Waals surface area (Å²) in [5.74, 6) is -0.881. The molecule has 6 heteroatoms. The molecule has 0 aliphatic heterocycles. The lowest BCUT2D eigenvalue weighted by Crippen LogP contribution is -2.30. The molecule has 0 aromatic rings. The van der Waals surface area contributed by atoms with Crippen molar-refractivity contribution < 1.29 is 28.6 Å². The van der Waals surface area contributed by atoms with Gasteiger partial charge < -0.3 is 14.2 Å². The van der Waals surface area contributed by atoms with Crippen molar-refractivity contribution in [3.8, 4) is 0 Å². The molecular weight excluding hydrogens is 877 g/mol. The zero-order chi connectivity index (χ0) is 51.4. The quantitative estimate of drug-likeness (QED) is 0.0261. The van der Waals surface area contributed by atoms with Gasteiger partial charge in [-0.1, -0.05) is 267 Å². The molecule has 0 amide bonds. The molecule has 0 saturated carbocycles. The lowest BCUT2D eigenvalue weighted by molar-refractivity contribution is -0.167. The molecule has 1 atom stereocenters. The Balaban J connectivity index is 4.03. The predicted octanol–water partition coefficient (Wildman–Crippen LogP) is 20.5. The van der Waals surface area contributed by atoms with Gasteiger partial charge in [0.1, 0.15) is 13.2 Å². The summed E-state index contributed by atoms with van der Waals surface area (Å²) in [4.78, 5) is 37.9. The van der Waals surface area contributed by atoms with Crippen molar-refractivity contribution in [2.24, 2.45) is 0 Å². The van der Waals surface area contributed by atoms with Crippen LogP contribution in [0.15, 0.2) is 72.9 Å². The van der Waals surface area contributed by atoms with Crippen molar-refractivity contribution in [1.29, 1.82) is 0 Å². The van der Waals surface area contributed by atoms with Gasteiger partial charge in [0.25, 0.3) is 0 Å². The highest BCUT2D eigenvalue weighted by Crippen LogP contribution is 2.16. The average Bonchev–Trinajstić information content (AvgIpc) is 3.37. The number of carbonyl (C=O) groups excluding carboxylic acids is 3. The molecule has 0 N–H and O–H groups in total. The van der Waals surface area contributed by atoms with Gasteiger partial charge in [0, 0.05) is 19.3 Å². The molecule has 1 unspecified atom stereocenters. The monoisotopic (exact) mass is 991 g/mol. The van der Waals surface area contributed by atoms with E-state index in [9.17, 15) is 14.4 Å². The van der Waals surface area contributed by atoms with E-state index in [-0.39, 0.29) is 31.1 Å². The summed E-state index contributed by atoms with van der Waals surface area (Å²) < 4.78 is 16.8. The summed E-state index contributed by atoms with van der Waals surface area (Å²) in [6.07, 6.45) is 76.6. The first kappa shape index (κ1) is 67.8. The number of allylic oxidation sites excluding steroid dienone is 12. The van der Waals surface area contributed by atoms with Gasteiger partial charge in [0.2, 0.25) is 0 Å². The summed E-state index contributed by atoms with van der Waals surface area (Å²) in [7, 11) is 0. The average molecular weight is 992 g/mol. The van der Waals surface area contributed by atoms with E-state index in [1.165, 1.54) is 167 Å². The fourth-order valence-corrected chi connectivity index (χ4v) is 8.64. The molecule has 0 aliphatic carbocycles. The number of carbonyl (C=O) groups is 3. The fraction of sp³-hybridized carbons (Fsp3) is 0.769. The molecule has 410 valence electrons. The number of rotatable bonds is 55. The van der Waals surface area contributed by atoms with Crippen LogP contribution in [0.25, 0.3) is 0 Å². The molecule has 6 nitrogen and oxygen atoms in total. The number of hydrogen-bond acceptors (Lipinski definition) is 6. The molecular formula is C65H114O6. The van der Waals surface area contributed by atoms with Crippen LogP contribution in [-0.2, 0) is 28.6 Å². The largest absolute Gasteiger partial charge is 0.462 e. The van der Waals surface area contributed by atoms with Gasteiger partial charge in [0.15, 0.2) is 6.10 Å². The lowest BCUT2D eigenvalue weighted by Gasteiger charge is -2.18. The minimum absolute atomic E-state index is 0.0745. The van der Waals surface area contributed by atoms with E-state index in [1.807, 2.05) is 0 Å². The van der Waals surface area contributed by atoms with Crippen molar-refractivity contribution in [2.45, 2.75) is 309 Å². The first-order chi connectivity index (χ1) is 35.0. The van der Waals surface area contributed by atoms with Gasteiger partial charge in [0.05, 0.1) is 0 Å². The van der Waals surface area contributed by atoms with E-state index in [2.05, 4.69) is 93.7 Å². The zero-order valence-corrected chi connectivity index (χ0v) is 47.0. The number of ether oxygens (including phenoxy) is 3. The Hall–Kier alpha value is -3.15. The Kier molecular flexibility index (Phi) is 56.8. The van der Waals surface area contributed by atoms with Crippen LogP contribution in [-0.4, -0.2) is 37.2 Å². The molecule has 0 aromatic heterocycles. The van der Waals surface area contributed by atoms with E-state index in [0.717, 1.165) is 96.3 Å². The van der Waals surface area contributed by atoms with E-state index in [4.69, 9.17) is 14.2 Å². The minimum Gasteiger partial charge on any atom is -0.462 e. The molecule has 0 rings (SSSR count). The Bertz CT molecular complexity index is 1320. The lowest BCUT2D eigenvalue weighted by atomic mass is 10.0. The summed E-state index contributed by atoms with van der Waals surface area (Å²) in [6.45, 7) is 6.46. The summed E-state index contributed by atoms with van der Waals surface area (Å²) >= 11 is 0. The van der Waals surface area contributed by atoms with Crippen LogP contribution in [0.4, 0.5) is 0 Å². The molecule has 0 spiro atoms. The molecule has 0 aromatic carbocycles. The van der Waals surface area contributed by atoms with Crippen molar-refractivity contribution in [1.82, 2.24) is 0 Å². The maximum absolute atomic E-state index is 12.8. The second-order valence-electron chi connectivity index (χ2n) is 20.2. The highest BCUT2D eigenvalue weighted by Gasteiger charge is 2.19. The van der Waals surface area contributed by atoms with Crippen molar-refractivity contribution >= 4 is 17.9 Å². The SMILES string of the molecule is CC/C=C\C/C=C\C/C=C\C/C=C\C/C=C\CCCCCCCCCCCCCCCC(=O)OCC(COC(=O)CCCCCCC)OC(=O)CCCCCCCCCCC/C=C\CCCCCCCC. The number of unbranched alkanes of at least 4 members (excludes halogenated alkanes) is 32. The van der Waals surface area contributed by atoms with E-state index < -0.39 is 6.10 Å². The first-order valence-electron chi connectivity index (χ1n) is 30.4. The molecule has 0 heterocycles. The third kappa shape index (κ3) is 57.6. The van der Waals surface area contributed by atoms with Gasteiger partial charge in [-0.3, -0.25) is 14.4 Å². The van der Waals surface area contributed by atoms with Gasteiger partial charge in [-0.05, 0) is 89.9 Å². The van der Waals surface area contributed by atoms with Crippen LogP contribution in [0.3, 0.4) is 0 Å². The summed E-state index contributed by atoms with van der Waals surface area (Å²) in [5, 5.41) is 0. The molecule has 71 heavy (non-hydrogen) atoms. The summed E-state index contributed by atoms with van der Waals surface area (Å²) in [6, 6.07) is 0. The van der Waals surface area contributed by atoms with Crippen LogP contribution in [0.1, 0.15) is 303 Å². The smallest absolute Gasteiger partial charge is 0.306 e.